The van der Waals surface area contributed by atoms with Gasteiger partial charge in [-0.1, -0.05) is 0 Å². The smallest absolute Gasteiger partial charge is 0.0127 e. The van der Waals surface area contributed by atoms with Gasteiger partial charge in [-0.25, -0.2) is 0 Å². The molecule has 2 heteroatoms. The third-order valence-corrected chi connectivity index (χ3v) is 1.58. The molecule has 0 heterocycles. The zero-order valence-electron chi connectivity index (χ0n) is 7.60. The Kier molecular flexibility index (Phi) is 4.85. The fraction of sp³-hybridized carbons (Fsp3) is 0. The molecule has 0 N–H and O–H groups in total. The van der Waals surface area contributed by atoms with Crippen LogP contribution in [0.2, 0.25) is 0 Å². The minimum Gasteiger partial charge on any atom is -0.509 e. The van der Waals surface area contributed by atoms with Crippen LogP contribution < -0.4 is 4.74 Å². The molecule has 14 heavy (non-hydrogen) atoms. The summed E-state index contributed by atoms with van der Waals surface area (Å²) in [6.07, 6.45) is 0. The molecule has 0 aromatic heterocycles. The van der Waals surface area contributed by atoms with E-state index in [1.54, 1.807) is 0 Å². The Morgan fingerprint density at radius 1 is 0.786 bits per heavy atom. The van der Waals surface area contributed by atoms with E-state index >= 15 is 0 Å². The second-order valence-electron chi connectivity index (χ2n) is 2.56. The van der Waals surface area contributed by atoms with E-state index < -0.39 is 0 Å². The van der Waals surface area contributed by atoms with Gasteiger partial charge in [-0.15, -0.1) is 24.3 Å². The van der Waals surface area contributed by atoms with Gasteiger partial charge in [0.25, 0.3) is 0 Å². The van der Waals surface area contributed by atoms with Crippen LogP contribution >= 0.6 is 0 Å². The third kappa shape index (κ3) is 3.24. The average Bonchev–Trinajstić information content (AvgIpc) is 2.21. The maximum atomic E-state index is 5.47. The van der Waals surface area contributed by atoms with E-state index in [4.69, 9.17) is 4.74 Å². The molecule has 2 aromatic carbocycles. The van der Waals surface area contributed by atoms with Gasteiger partial charge in [0.15, 0.2) is 0 Å². The van der Waals surface area contributed by atoms with E-state index in [2.05, 4.69) is 12.1 Å². The van der Waals surface area contributed by atoms with E-state index in [9.17, 15) is 0 Å². The molecule has 0 aliphatic heterocycles. The first-order chi connectivity index (χ1) is 6.45. The summed E-state index contributed by atoms with van der Waals surface area (Å²) >= 11 is 0. The van der Waals surface area contributed by atoms with Gasteiger partial charge in [-0.2, -0.15) is 36.4 Å². The standard InChI is InChI=1S/C12H8O.Y/c1-3-7-11(8-4-1)13-12-9-5-2-6-10-12;/h1-7,9H;/q-2;. The van der Waals surface area contributed by atoms with Crippen molar-refractivity contribution in [1.29, 1.82) is 0 Å². The van der Waals surface area contributed by atoms with Crippen molar-refractivity contribution in [1.82, 2.24) is 0 Å². The van der Waals surface area contributed by atoms with Crippen molar-refractivity contribution in [3.8, 4) is 11.5 Å². The van der Waals surface area contributed by atoms with Gasteiger partial charge >= 0.3 is 0 Å². The Morgan fingerprint density at radius 2 is 1.29 bits per heavy atom. The number of hydrogen-bond donors (Lipinski definition) is 0. The summed E-state index contributed by atoms with van der Waals surface area (Å²) in [5.41, 5.74) is 0. The fourth-order valence-electron chi connectivity index (χ4n) is 0.999. The summed E-state index contributed by atoms with van der Waals surface area (Å²) in [7, 11) is 0. The largest absolute Gasteiger partial charge is 0.509 e. The van der Waals surface area contributed by atoms with Crippen LogP contribution in [0.25, 0.3) is 0 Å². The molecule has 2 aromatic rings. The summed E-state index contributed by atoms with van der Waals surface area (Å²) in [6.45, 7) is 0. The third-order valence-electron chi connectivity index (χ3n) is 1.58. The number of para-hydroxylation sites is 2. The average molecular weight is 257 g/mol. The summed E-state index contributed by atoms with van der Waals surface area (Å²) in [5, 5.41) is 0. The normalized spacial score (nSPS) is 8.86. The Labute approximate surface area is 109 Å². The van der Waals surface area contributed by atoms with Crippen LogP contribution in [0.15, 0.2) is 48.5 Å². The molecule has 0 bridgehead atoms. The summed E-state index contributed by atoms with van der Waals surface area (Å²) in [4.78, 5) is 0. The molecule has 0 aliphatic rings. The zero-order valence-corrected chi connectivity index (χ0v) is 10.4. The van der Waals surface area contributed by atoms with Gasteiger partial charge in [-0.3, -0.25) is 0 Å². The SMILES string of the molecule is [Y].[c-]1ccccc1Oc1[c-]cccc1. The summed E-state index contributed by atoms with van der Waals surface area (Å²) < 4.78 is 5.47. The Morgan fingerprint density at radius 3 is 1.64 bits per heavy atom. The van der Waals surface area contributed by atoms with E-state index in [1.807, 2.05) is 48.5 Å². The van der Waals surface area contributed by atoms with Crippen LogP contribution in [0.5, 0.6) is 11.5 Å². The van der Waals surface area contributed by atoms with Crippen LogP contribution in [-0.2, 0) is 32.7 Å². The summed E-state index contributed by atoms with van der Waals surface area (Å²) in [6, 6.07) is 20.9. The maximum absolute atomic E-state index is 5.47. The van der Waals surface area contributed by atoms with Gasteiger partial charge in [0.05, 0.1) is 0 Å². The van der Waals surface area contributed by atoms with E-state index in [0.29, 0.717) is 11.5 Å². The maximum Gasteiger partial charge on any atom is 0.0127 e. The van der Waals surface area contributed by atoms with Crippen LogP contribution in [0.1, 0.15) is 0 Å². The van der Waals surface area contributed by atoms with Crippen molar-refractivity contribution in [2.75, 3.05) is 0 Å². The molecular weight excluding hydrogens is 249 g/mol. The molecule has 0 spiro atoms. The number of rotatable bonds is 2. The molecular formula is C12H8OY-2. The monoisotopic (exact) mass is 257 g/mol. The van der Waals surface area contributed by atoms with Crippen LogP contribution in [0.3, 0.4) is 0 Å². The molecule has 0 aliphatic carbocycles. The van der Waals surface area contributed by atoms with Crippen LogP contribution in [-0.4, -0.2) is 0 Å². The van der Waals surface area contributed by atoms with E-state index in [0.717, 1.165) is 0 Å². The number of ether oxygens (including phenoxy) is 1. The molecule has 1 nitrogen and oxygen atoms in total. The van der Waals surface area contributed by atoms with Gasteiger partial charge in [0.1, 0.15) is 0 Å². The first-order valence-corrected chi connectivity index (χ1v) is 4.06. The molecule has 1 radical (unpaired) electrons. The summed E-state index contributed by atoms with van der Waals surface area (Å²) in [5.74, 6) is 1.43. The Hall–Kier alpha value is -0.656. The van der Waals surface area contributed by atoms with Crippen molar-refractivity contribution in [3.05, 3.63) is 60.7 Å². The predicted octanol–water partition coefficient (Wildman–Crippen LogP) is 3.08. The number of hydrogen-bond acceptors (Lipinski definition) is 1. The van der Waals surface area contributed by atoms with Crippen molar-refractivity contribution in [2.24, 2.45) is 0 Å². The quantitative estimate of drug-likeness (QED) is 0.751. The van der Waals surface area contributed by atoms with Gasteiger partial charge in [0, 0.05) is 44.2 Å². The molecule has 0 fully saturated rings. The van der Waals surface area contributed by atoms with Crippen molar-refractivity contribution < 1.29 is 37.4 Å². The minimum atomic E-state index is 0. The zero-order chi connectivity index (χ0) is 8.93. The van der Waals surface area contributed by atoms with Gasteiger partial charge in [0.2, 0.25) is 0 Å². The predicted molar refractivity (Wildman–Crippen MR) is 50.6 cm³/mol. The Bertz CT molecular complexity index is 321. The van der Waals surface area contributed by atoms with Crippen LogP contribution in [0.4, 0.5) is 0 Å². The van der Waals surface area contributed by atoms with Gasteiger partial charge < -0.3 is 4.74 Å². The van der Waals surface area contributed by atoms with E-state index in [1.165, 1.54) is 0 Å². The first kappa shape index (κ1) is 11.4. The fourth-order valence-corrected chi connectivity index (χ4v) is 0.999. The molecule has 0 saturated carbocycles. The van der Waals surface area contributed by atoms with Gasteiger partial charge in [-0.05, 0) is 0 Å². The second-order valence-corrected chi connectivity index (χ2v) is 2.56. The molecule has 0 atom stereocenters. The van der Waals surface area contributed by atoms with Crippen molar-refractivity contribution in [2.45, 2.75) is 0 Å². The topological polar surface area (TPSA) is 9.23 Å². The van der Waals surface area contributed by atoms with Crippen molar-refractivity contribution >= 4 is 0 Å². The van der Waals surface area contributed by atoms with E-state index in [-0.39, 0.29) is 32.7 Å². The molecule has 0 saturated heterocycles. The second kappa shape index (κ2) is 5.95. The first-order valence-electron chi connectivity index (χ1n) is 4.06. The van der Waals surface area contributed by atoms with Crippen LogP contribution in [0, 0.1) is 12.1 Å². The van der Waals surface area contributed by atoms with Crippen molar-refractivity contribution in [3.63, 3.8) is 0 Å². The Balaban J connectivity index is 0.000000980. The minimum absolute atomic E-state index is 0. The molecule has 0 amide bonds. The molecule has 2 rings (SSSR count). The number of benzene rings is 2. The molecule has 0 unspecified atom stereocenters. The molecule has 67 valence electrons.